The van der Waals surface area contributed by atoms with Gasteiger partial charge in [0.2, 0.25) is 0 Å². The molecule has 3 aromatic rings. The van der Waals surface area contributed by atoms with E-state index in [0.717, 1.165) is 34.8 Å². The van der Waals surface area contributed by atoms with E-state index >= 15 is 0 Å². The van der Waals surface area contributed by atoms with Crippen LogP contribution in [-0.4, -0.2) is 24.3 Å². The summed E-state index contributed by atoms with van der Waals surface area (Å²) in [6.45, 7) is 6.78. The highest BCUT2D eigenvalue weighted by atomic mass is 35.5. The van der Waals surface area contributed by atoms with Crippen LogP contribution in [0.4, 0.5) is 0 Å². The van der Waals surface area contributed by atoms with E-state index in [9.17, 15) is 0 Å². The highest BCUT2D eigenvalue weighted by Crippen LogP contribution is 2.26. The second-order valence-corrected chi connectivity index (χ2v) is 5.96. The Labute approximate surface area is 128 Å². The molecule has 0 N–H and O–H groups in total. The zero-order valence-corrected chi connectivity index (χ0v) is 13.4. The van der Waals surface area contributed by atoms with Crippen LogP contribution >= 0.6 is 11.6 Å². The van der Waals surface area contributed by atoms with Gasteiger partial charge in [0.05, 0.1) is 29.3 Å². The highest BCUT2D eigenvalue weighted by Gasteiger charge is 2.18. The molecule has 0 aliphatic rings. The fourth-order valence-corrected chi connectivity index (χ4v) is 2.84. The standard InChI is InChI=1S/C15H18ClN5/c1-9(16)15-18-13-7-17-6-5-14(13)21(15)8-12-10(2)19-20(4)11(12)3/h5-7,9H,8H2,1-4H3. The van der Waals surface area contributed by atoms with Gasteiger partial charge in [-0.15, -0.1) is 11.6 Å². The van der Waals surface area contributed by atoms with Crippen molar-refractivity contribution in [1.29, 1.82) is 0 Å². The molecule has 3 heterocycles. The first kappa shape index (κ1) is 14.1. The third-order valence-corrected chi connectivity index (χ3v) is 4.11. The second-order valence-electron chi connectivity index (χ2n) is 5.31. The molecule has 21 heavy (non-hydrogen) atoms. The number of rotatable bonds is 3. The molecule has 3 rings (SSSR count). The molecule has 0 radical (unpaired) electrons. The molecular weight excluding hydrogens is 286 g/mol. The molecule has 110 valence electrons. The number of aryl methyl sites for hydroxylation is 2. The number of imidazole rings is 1. The van der Waals surface area contributed by atoms with E-state index in [4.69, 9.17) is 11.6 Å². The summed E-state index contributed by atoms with van der Waals surface area (Å²) in [5, 5.41) is 4.33. The van der Waals surface area contributed by atoms with Crippen LogP contribution in [0.2, 0.25) is 0 Å². The van der Waals surface area contributed by atoms with Crippen molar-refractivity contribution in [3.8, 4) is 0 Å². The predicted molar refractivity (Wildman–Crippen MR) is 83.6 cm³/mol. The molecule has 3 aromatic heterocycles. The first-order valence-corrected chi connectivity index (χ1v) is 7.36. The molecule has 0 amide bonds. The molecule has 0 aromatic carbocycles. The normalized spacial score (nSPS) is 13.0. The van der Waals surface area contributed by atoms with Crippen LogP contribution in [-0.2, 0) is 13.6 Å². The van der Waals surface area contributed by atoms with Gasteiger partial charge in [0, 0.05) is 24.5 Å². The fourth-order valence-electron chi connectivity index (χ4n) is 2.67. The SMILES string of the molecule is Cc1nn(C)c(C)c1Cn1c(C(C)Cl)nc2cnccc21. The van der Waals surface area contributed by atoms with Gasteiger partial charge >= 0.3 is 0 Å². The number of halogens is 1. The fraction of sp³-hybridized carbons (Fsp3) is 0.400. The van der Waals surface area contributed by atoms with Crippen molar-refractivity contribution in [2.75, 3.05) is 0 Å². The minimum atomic E-state index is -0.158. The van der Waals surface area contributed by atoms with Gasteiger partial charge in [-0.25, -0.2) is 4.98 Å². The summed E-state index contributed by atoms with van der Waals surface area (Å²) in [6.07, 6.45) is 3.56. The third kappa shape index (κ3) is 2.31. The molecular formula is C15H18ClN5. The number of alkyl halides is 1. The van der Waals surface area contributed by atoms with Crippen LogP contribution in [0.25, 0.3) is 11.0 Å². The molecule has 0 aliphatic carbocycles. The Morgan fingerprint density at radius 3 is 2.71 bits per heavy atom. The molecule has 0 aliphatic heterocycles. The van der Waals surface area contributed by atoms with Crippen molar-refractivity contribution in [2.24, 2.45) is 7.05 Å². The number of hydrogen-bond donors (Lipinski definition) is 0. The summed E-state index contributed by atoms with van der Waals surface area (Å²) in [5.41, 5.74) is 5.34. The molecule has 0 saturated heterocycles. The molecule has 0 spiro atoms. The monoisotopic (exact) mass is 303 g/mol. The molecule has 0 saturated carbocycles. The van der Waals surface area contributed by atoms with Gasteiger partial charge in [0.25, 0.3) is 0 Å². The van der Waals surface area contributed by atoms with Gasteiger partial charge in [-0.05, 0) is 26.8 Å². The summed E-state index contributed by atoms with van der Waals surface area (Å²) in [4.78, 5) is 8.75. The zero-order chi connectivity index (χ0) is 15.1. The van der Waals surface area contributed by atoms with Gasteiger partial charge in [-0.1, -0.05) is 0 Å². The van der Waals surface area contributed by atoms with Crippen molar-refractivity contribution in [1.82, 2.24) is 24.3 Å². The number of nitrogens with zero attached hydrogens (tertiary/aromatic N) is 5. The van der Waals surface area contributed by atoms with Crippen LogP contribution in [0.15, 0.2) is 18.5 Å². The first-order valence-electron chi connectivity index (χ1n) is 6.92. The van der Waals surface area contributed by atoms with Crippen molar-refractivity contribution < 1.29 is 0 Å². The molecule has 0 fully saturated rings. The topological polar surface area (TPSA) is 48.5 Å². The summed E-state index contributed by atoms with van der Waals surface area (Å²) in [7, 11) is 1.97. The lowest BCUT2D eigenvalue weighted by molar-refractivity contribution is 0.719. The Morgan fingerprint density at radius 2 is 2.10 bits per heavy atom. The largest absolute Gasteiger partial charge is 0.322 e. The zero-order valence-electron chi connectivity index (χ0n) is 12.6. The van der Waals surface area contributed by atoms with Gasteiger partial charge in [-0.3, -0.25) is 9.67 Å². The highest BCUT2D eigenvalue weighted by molar-refractivity contribution is 6.20. The maximum absolute atomic E-state index is 6.31. The van der Waals surface area contributed by atoms with E-state index in [0.29, 0.717) is 0 Å². The Kier molecular flexibility index (Phi) is 3.45. The van der Waals surface area contributed by atoms with Gasteiger partial charge in [-0.2, -0.15) is 5.10 Å². The summed E-state index contributed by atoms with van der Waals surface area (Å²) in [6, 6.07) is 1.98. The van der Waals surface area contributed by atoms with Crippen LogP contribution in [0.5, 0.6) is 0 Å². The summed E-state index contributed by atoms with van der Waals surface area (Å²) in [5.74, 6) is 0.863. The third-order valence-electron chi connectivity index (χ3n) is 3.91. The average Bonchev–Trinajstić information content (AvgIpc) is 2.93. The van der Waals surface area contributed by atoms with E-state index < -0.39 is 0 Å². The van der Waals surface area contributed by atoms with Crippen LogP contribution in [0.1, 0.15) is 35.1 Å². The van der Waals surface area contributed by atoms with Crippen molar-refractivity contribution in [2.45, 2.75) is 32.7 Å². The molecule has 0 bridgehead atoms. The van der Waals surface area contributed by atoms with E-state index in [1.807, 2.05) is 31.6 Å². The Balaban J connectivity index is 2.17. The second kappa shape index (κ2) is 5.15. The molecule has 5 nitrogen and oxygen atoms in total. The van der Waals surface area contributed by atoms with Gasteiger partial charge < -0.3 is 4.57 Å². The van der Waals surface area contributed by atoms with Gasteiger partial charge in [0.15, 0.2) is 0 Å². The summed E-state index contributed by atoms with van der Waals surface area (Å²) < 4.78 is 4.07. The van der Waals surface area contributed by atoms with E-state index in [1.54, 1.807) is 12.4 Å². The maximum atomic E-state index is 6.31. The Hall–Kier alpha value is -1.88. The van der Waals surface area contributed by atoms with E-state index in [-0.39, 0.29) is 5.38 Å². The Morgan fingerprint density at radius 1 is 1.33 bits per heavy atom. The van der Waals surface area contributed by atoms with Crippen molar-refractivity contribution in [3.63, 3.8) is 0 Å². The molecule has 1 atom stereocenters. The van der Waals surface area contributed by atoms with Gasteiger partial charge in [0.1, 0.15) is 11.3 Å². The smallest absolute Gasteiger partial charge is 0.128 e. The van der Waals surface area contributed by atoms with E-state index in [1.165, 1.54) is 5.56 Å². The molecule has 6 heteroatoms. The number of fused-ring (bicyclic) bond motifs is 1. The van der Waals surface area contributed by atoms with E-state index in [2.05, 4.69) is 26.6 Å². The predicted octanol–water partition coefficient (Wildman–Crippen LogP) is 3.13. The number of pyridine rings is 1. The van der Waals surface area contributed by atoms with Crippen molar-refractivity contribution in [3.05, 3.63) is 41.2 Å². The number of hydrogen-bond acceptors (Lipinski definition) is 3. The average molecular weight is 304 g/mol. The first-order chi connectivity index (χ1) is 9.99. The quantitative estimate of drug-likeness (QED) is 0.698. The maximum Gasteiger partial charge on any atom is 0.128 e. The number of aromatic nitrogens is 5. The van der Waals surface area contributed by atoms with Crippen LogP contribution < -0.4 is 0 Å². The minimum absolute atomic E-state index is 0.158. The molecule has 1 unspecified atom stereocenters. The summed E-state index contributed by atoms with van der Waals surface area (Å²) >= 11 is 6.31. The lowest BCUT2D eigenvalue weighted by atomic mass is 10.2. The van der Waals surface area contributed by atoms with Crippen molar-refractivity contribution >= 4 is 22.6 Å². The van der Waals surface area contributed by atoms with Crippen LogP contribution in [0, 0.1) is 13.8 Å². The minimum Gasteiger partial charge on any atom is -0.322 e. The lowest BCUT2D eigenvalue weighted by Crippen LogP contribution is -2.07. The lowest BCUT2D eigenvalue weighted by Gasteiger charge is -2.11. The van der Waals surface area contributed by atoms with Crippen LogP contribution in [0.3, 0.4) is 0 Å². The Bertz CT molecular complexity index is 800.